The number of aldehydes is 1. The highest BCUT2D eigenvalue weighted by Gasteiger charge is 2.10. The molecule has 0 aromatic heterocycles. The summed E-state index contributed by atoms with van der Waals surface area (Å²) in [6.07, 6.45) is 0.590. The summed E-state index contributed by atoms with van der Waals surface area (Å²) in [5.74, 6) is -0.139. The molecule has 0 aliphatic rings. The molecule has 3 nitrogen and oxygen atoms in total. The van der Waals surface area contributed by atoms with Crippen LogP contribution in [0.25, 0.3) is 0 Å². The second kappa shape index (κ2) is 4.16. The maximum atomic E-state index is 11.0. The highest BCUT2D eigenvalue weighted by molar-refractivity contribution is 9.10. The molecule has 0 spiro atoms. The Hall–Kier alpha value is -1.47. The Morgan fingerprint density at radius 3 is 2.64 bits per heavy atom. The number of ketones is 1. The van der Waals surface area contributed by atoms with Gasteiger partial charge in [-0.05, 0) is 35.0 Å². The number of carbonyl (C=O) groups excluding carboxylic acids is 2. The zero-order valence-electron chi connectivity index (χ0n) is 7.37. The molecular formula is C10H6BrNO2. The third-order valence-corrected chi connectivity index (χ3v) is 2.43. The van der Waals surface area contributed by atoms with Crippen LogP contribution >= 0.6 is 15.9 Å². The van der Waals surface area contributed by atoms with Crippen LogP contribution in [-0.4, -0.2) is 12.1 Å². The molecule has 0 atom stereocenters. The number of benzene rings is 1. The number of hydrogen-bond acceptors (Lipinski definition) is 3. The van der Waals surface area contributed by atoms with Crippen molar-refractivity contribution in [1.29, 1.82) is 5.26 Å². The van der Waals surface area contributed by atoms with Crippen LogP contribution in [0.15, 0.2) is 16.6 Å². The van der Waals surface area contributed by atoms with Crippen LogP contribution in [0.5, 0.6) is 0 Å². The predicted molar refractivity (Wildman–Crippen MR) is 54.2 cm³/mol. The summed E-state index contributed by atoms with van der Waals surface area (Å²) in [4.78, 5) is 21.7. The molecule has 0 N–H and O–H groups in total. The normalized spacial score (nSPS) is 9.21. The van der Waals surface area contributed by atoms with E-state index in [1.165, 1.54) is 19.1 Å². The van der Waals surface area contributed by atoms with Crippen LogP contribution in [-0.2, 0) is 0 Å². The molecule has 0 aliphatic carbocycles. The van der Waals surface area contributed by atoms with Crippen molar-refractivity contribution in [2.24, 2.45) is 0 Å². The first-order valence-corrected chi connectivity index (χ1v) is 4.59. The lowest BCUT2D eigenvalue weighted by molar-refractivity contribution is 0.101. The molecule has 14 heavy (non-hydrogen) atoms. The van der Waals surface area contributed by atoms with Crippen LogP contribution in [0, 0.1) is 11.3 Å². The Bertz CT molecular complexity index is 446. The molecular weight excluding hydrogens is 246 g/mol. The van der Waals surface area contributed by atoms with Crippen LogP contribution in [0.4, 0.5) is 0 Å². The Morgan fingerprint density at radius 1 is 1.57 bits per heavy atom. The molecule has 0 aliphatic heterocycles. The molecule has 4 heteroatoms. The summed E-state index contributed by atoms with van der Waals surface area (Å²) in [5, 5.41) is 8.74. The summed E-state index contributed by atoms with van der Waals surface area (Å²) in [6, 6.07) is 4.82. The molecule has 0 heterocycles. The van der Waals surface area contributed by atoms with E-state index in [4.69, 9.17) is 5.26 Å². The number of halogens is 1. The predicted octanol–water partition coefficient (Wildman–Crippen LogP) is 2.34. The molecule has 0 amide bonds. The Labute approximate surface area is 89.5 Å². The third-order valence-electron chi connectivity index (χ3n) is 1.77. The Kier molecular flexibility index (Phi) is 3.15. The second-order valence-electron chi connectivity index (χ2n) is 2.71. The maximum Gasteiger partial charge on any atom is 0.159 e. The maximum absolute atomic E-state index is 11.0. The lowest BCUT2D eigenvalue weighted by Crippen LogP contribution is -1.97. The van der Waals surface area contributed by atoms with Crippen molar-refractivity contribution in [2.75, 3.05) is 0 Å². The van der Waals surface area contributed by atoms with Gasteiger partial charge in [0.2, 0.25) is 0 Å². The standard InChI is InChI=1S/C10H6BrNO2/c1-6(14)7-2-8(4-12)9(5-13)10(11)3-7/h2-3,5H,1H3. The fraction of sp³-hybridized carbons (Fsp3) is 0.100. The van der Waals surface area contributed by atoms with Gasteiger partial charge in [0.1, 0.15) is 0 Å². The molecule has 70 valence electrons. The molecule has 0 unspecified atom stereocenters. The van der Waals surface area contributed by atoms with E-state index >= 15 is 0 Å². The van der Waals surface area contributed by atoms with Crippen LogP contribution in [0.3, 0.4) is 0 Å². The number of nitriles is 1. The van der Waals surface area contributed by atoms with E-state index in [2.05, 4.69) is 15.9 Å². The van der Waals surface area contributed by atoms with Gasteiger partial charge in [0, 0.05) is 15.6 Å². The van der Waals surface area contributed by atoms with Crippen LogP contribution in [0.2, 0.25) is 0 Å². The molecule has 0 bridgehead atoms. The average molecular weight is 252 g/mol. The zero-order chi connectivity index (χ0) is 10.7. The van der Waals surface area contributed by atoms with Gasteiger partial charge in [-0.2, -0.15) is 5.26 Å². The van der Waals surface area contributed by atoms with Gasteiger partial charge in [-0.15, -0.1) is 0 Å². The summed E-state index contributed by atoms with van der Waals surface area (Å²) in [5.41, 5.74) is 0.899. The van der Waals surface area contributed by atoms with Crippen molar-refractivity contribution in [3.63, 3.8) is 0 Å². The fourth-order valence-electron chi connectivity index (χ4n) is 1.03. The molecule has 0 fully saturated rings. The Morgan fingerprint density at radius 2 is 2.21 bits per heavy atom. The molecule has 0 saturated heterocycles. The van der Waals surface area contributed by atoms with E-state index in [1.54, 1.807) is 0 Å². The van der Waals surface area contributed by atoms with Gasteiger partial charge in [0.05, 0.1) is 11.6 Å². The first-order valence-electron chi connectivity index (χ1n) is 3.80. The van der Waals surface area contributed by atoms with Crippen LogP contribution < -0.4 is 0 Å². The molecule has 1 rings (SSSR count). The summed E-state index contributed by atoms with van der Waals surface area (Å²) in [6.45, 7) is 1.41. The number of hydrogen-bond donors (Lipinski definition) is 0. The summed E-state index contributed by atoms with van der Waals surface area (Å²) >= 11 is 3.13. The third kappa shape index (κ3) is 1.88. The first kappa shape index (κ1) is 10.6. The fourth-order valence-corrected chi connectivity index (χ4v) is 1.59. The average Bonchev–Trinajstić information content (AvgIpc) is 2.16. The topological polar surface area (TPSA) is 57.9 Å². The lowest BCUT2D eigenvalue weighted by atomic mass is 10.0. The minimum Gasteiger partial charge on any atom is -0.298 e. The molecule has 1 aromatic carbocycles. The molecule has 1 aromatic rings. The van der Waals surface area contributed by atoms with Gasteiger partial charge in [-0.1, -0.05) is 0 Å². The van der Waals surface area contributed by atoms with Crippen molar-refractivity contribution in [2.45, 2.75) is 6.92 Å². The van der Waals surface area contributed by atoms with E-state index in [-0.39, 0.29) is 16.9 Å². The van der Waals surface area contributed by atoms with Crippen molar-refractivity contribution in [1.82, 2.24) is 0 Å². The van der Waals surface area contributed by atoms with Crippen LogP contribution in [0.1, 0.15) is 33.2 Å². The van der Waals surface area contributed by atoms with Gasteiger partial charge in [-0.3, -0.25) is 9.59 Å². The van der Waals surface area contributed by atoms with Gasteiger partial charge >= 0.3 is 0 Å². The largest absolute Gasteiger partial charge is 0.298 e. The van der Waals surface area contributed by atoms with E-state index in [9.17, 15) is 9.59 Å². The highest BCUT2D eigenvalue weighted by atomic mass is 79.9. The Balaban J connectivity index is 3.48. The zero-order valence-corrected chi connectivity index (χ0v) is 8.96. The molecule has 0 saturated carbocycles. The van der Waals surface area contributed by atoms with E-state index in [0.29, 0.717) is 16.3 Å². The van der Waals surface area contributed by atoms with Gasteiger partial charge < -0.3 is 0 Å². The minimum atomic E-state index is -0.139. The number of carbonyl (C=O) groups is 2. The van der Waals surface area contributed by atoms with Crippen molar-refractivity contribution in [3.05, 3.63) is 33.3 Å². The molecule has 0 radical (unpaired) electrons. The smallest absolute Gasteiger partial charge is 0.159 e. The van der Waals surface area contributed by atoms with E-state index < -0.39 is 0 Å². The van der Waals surface area contributed by atoms with Crippen molar-refractivity contribution < 1.29 is 9.59 Å². The summed E-state index contributed by atoms with van der Waals surface area (Å²) < 4.78 is 0.469. The summed E-state index contributed by atoms with van der Waals surface area (Å²) in [7, 11) is 0. The monoisotopic (exact) mass is 251 g/mol. The number of rotatable bonds is 2. The van der Waals surface area contributed by atoms with E-state index in [1.807, 2.05) is 6.07 Å². The number of Topliss-reactive ketones (excluding diaryl/α,β-unsaturated/α-hetero) is 1. The lowest BCUT2D eigenvalue weighted by Gasteiger charge is -2.02. The SMILES string of the molecule is CC(=O)c1cc(Br)c(C=O)c(C#N)c1. The number of nitrogens with zero attached hydrogens (tertiary/aromatic N) is 1. The van der Waals surface area contributed by atoms with Gasteiger partial charge in [-0.25, -0.2) is 0 Å². The van der Waals surface area contributed by atoms with Crippen molar-refractivity contribution >= 4 is 28.0 Å². The van der Waals surface area contributed by atoms with Gasteiger partial charge in [0.15, 0.2) is 12.1 Å². The first-order chi connectivity index (χ1) is 6.60. The highest BCUT2D eigenvalue weighted by Crippen LogP contribution is 2.21. The van der Waals surface area contributed by atoms with Gasteiger partial charge in [0.25, 0.3) is 0 Å². The second-order valence-corrected chi connectivity index (χ2v) is 3.56. The quantitative estimate of drug-likeness (QED) is 0.599. The minimum absolute atomic E-state index is 0.139. The van der Waals surface area contributed by atoms with Crippen molar-refractivity contribution in [3.8, 4) is 6.07 Å². The van der Waals surface area contributed by atoms with E-state index in [0.717, 1.165) is 0 Å².